The first-order valence-corrected chi connectivity index (χ1v) is 3.99. The van der Waals surface area contributed by atoms with Gasteiger partial charge in [0.2, 0.25) is 0 Å². The number of hydrogen-bond donors (Lipinski definition) is 1. The van der Waals surface area contributed by atoms with Crippen LogP contribution in [0.1, 0.15) is 10.4 Å². The molecule has 1 aromatic heterocycles. The zero-order valence-corrected chi connectivity index (χ0v) is 7.18. The predicted molar refractivity (Wildman–Crippen MR) is 47.8 cm³/mol. The van der Waals surface area contributed by atoms with Crippen LogP contribution in [-0.4, -0.2) is 21.4 Å². The summed E-state index contributed by atoms with van der Waals surface area (Å²) in [6.07, 6.45) is 1.33. The minimum absolute atomic E-state index is 0.166. The third-order valence-corrected chi connectivity index (χ3v) is 1.60. The van der Waals surface area contributed by atoms with Crippen molar-refractivity contribution in [3.8, 4) is 5.88 Å². The first kappa shape index (κ1) is 8.43. The third-order valence-electron chi connectivity index (χ3n) is 1.60. The van der Waals surface area contributed by atoms with Gasteiger partial charge in [-0.05, 0) is 12.1 Å². The molecule has 0 aliphatic rings. The summed E-state index contributed by atoms with van der Waals surface area (Å²) in [6.45, 7) is 0. The Bertz CT molecular complexity index is 411. The van der Waals surface area contributed by atoms with Gasteiger partial charge in [0.25, 0.3) is 5.88 Å². The normalized spacial score (nSPS) is 9.71. The van der Waals surface area contributed by atoms with Gasteiger partial charge >= 0.3 is 5.97 Å². The molecule has 0 spiro atoms. The zero-order chi connectivity index (χ0) is 9.80. The van der Waals surface area contributed by atoms with Gasteiger partial charge in [0.15, 0.2) is 0 Å². The topological polar surface area (TPSA) is 67.9 Å². The summed E-state index contributed by atoms with van der Waals surface area (Å²) in [5, 5.41) is 9.47. The number of esters is 1. The third kappa shape index (κ3) is 1.77. The molecule has 0 bridgehead atoms. The summed E-state index contributed by atoms with van der Waals surface area (Å²) in [4.78, 5) is 11.4. The molecule has 1 N–H and O–H groups in total. The monoisotopic (exact) mass is 189 g/mol. The minimum atomic E-state index is -0.445. The highest BCUT2D eigenvalue weighted by Crippen LogP contribution is 2.05. The molecular formula is C9H7N3O2. The second-order valence-corrected chi connectivity index (χ2v) is 2.56. The maximum Gasteiger partial charge on any atom is 0.344 e. The largest absolute Gasteiger partial charge is 0.400 e. The molecule has 0 atom stereocenters. The maximum atomic E-state index is 11.4. The number of benzene rings is 1. The van der Waals surface area contributed by atoms with Crippen LogP contribution in [-0.2, 0) is 0 Å². The summed E-state index contributed by atoms with van der Waals surface area (Å²) in [5.41, 5.74) is 0.482. The highest BCUT2D eigenvalue weighted by atomic mass is 16.5. The number of hydrogen-bond acceptors (Lipinski definition) is 4. The fraction of sp³-hybridized carbons (Fsp3) is 0. The number of nitrogens with zero attached hydrogens (tertiary/aromatic N) is 2. The summed E-state index contributed by atoms with van der Waals surface area (Å²) >= 11 is 0. The predicted octanol–water partition coefficient (Wildman–Crippen LogP) is 1.02. The van der Waals surface area contributed by atoms with Gasteiger partial charge in [0.1, 0.15) is 6.20 Å². The fourth-order valence-corrected chi connectivity index (χ4v) is 0.968. The molecule has 0 amide bonds. The molecule has 70 valence electrons. The van der Waals surface area contributed by atoms with Crippen molar-refractivity contribution in [3.05, 3.63) is 42.1 Å². The number of aromatic nitrogens is 3. The Kier molecular flexibility index (Phi) is 2.22. The van der Waals surface area contributed by atoms with E-state index in [9.17, 15) is 4.79 Å². The van der Waals surface area contributed by atoms with Crippen LogP contribution in [0.4, 0.5) is 0 Å². The van der Waals surface area contributed by atoms with E-state index < -0.39 is 5.97 Å². The average Bonchev–Trinajstić information content (AvgIpc) is 2.72. The van der Waals surface area contributed by atoms with E-state index in [2.05, 4.69) is 15.4 Å². The Morgan fingerprint density at radius 2 is 2.07 bits per heavy atom. The molecule has 2 aromatic rings. The van der Waals surface area contributed by atoms with Crippen molar-refractivity contribution in [3.63, 3.8) is 0 Å². The number of nitrogens with one attached hydrogen (secondary N) is 1. The molecule has 2 rings (SSSR count). The number of aromatic amines is 1. The quantitative estimate of drug-likeness (QED) is 0.716. The fourth-order valence-electron chi connectivity index (χ4n) is 0.968. The van der Waals surface area contributed by atoms with Crippen molar-refractivity contribution in [1.82, 2.24) is 15.4 Å². The molecule has 0 saturated heterocycles. The van der Waals surface area contributed by atoms with Crippen molar-refractivity contribution in [2.24, 2.45) is 0 Å². The maximum absolute atomic E-state index is 11.4. The Balaban J connectivity index is 2.11. The molecular weight excluding hydrogens is 182 g/mol. The zero-order valence-electron chi connectivity index (χ0n) is 7.18. The van der Waals surface area contributed by atoms with Crippen LogP contribution in [0.25, 0.3) is 0 Å². The molecule has 0 aliphatic heterocycles. The van der Waals surface area contributed by atoms with Crippen molar-refractivity contribution < 1.29 is 9.53 Å². The van der Waals surface area contributed by atoms with Gasteiger partial charge in [-0.1, -0.05) is 18.2 Å². The van der Waals surface area contributed by atoms with Crippen LogP contribution in [0, 0.1) is 0 Å². The number of H-pyrrole nitrogens is 1. The van der Waals surface area contributed by atoms with Crippen molar-refractivity contribution in [1.29, 1.82) is 0 Å². The van der Waals surface area contributed by atoms with Crippen LogP contribution in [0.5, 0.6) is 5.88 Å². The number of rotatable bonds is 2. The van der Waals surface area contributed by atoms with Gasteiger partial charge < -0.3 is 4.74 Å². The molecule has 0 radical (unpaired) electrons. The van der Waals surface area contributed by atoms with Gasteiger partial charge in [0.05, 0.1) is 5.56 Å². The summed E-state index contributed by atoms with van der Waals surface area (Å²) in [5.74, 6) is -0.279. The molecule has 1 aromatic carbocycles. The average molecular weight is 189 g/mol. The van der Waals surface area contributed by atoms with Crippen LogP contribution in [0.15, 0.2) is 36.5 Å². The molecule has 5 heteroatoms. The number of ether oxygens (including phenoxy) is 1. The van der Waals surface area contributed by atoms with E-state index in [1.165, 1.54) is 6.20 Å². The second-order valence-electron chi connectivity index (χ2n) is 2.56. The first-order valence-electron chi connectivity index (χ1n) is 3.99. The number of carbonyl (C=O) groups excluding carboxylic acids is 1. The summed E-state index contributed by atoms with van der Waals surface area (Å²) < 4.78 is 4.90. The lowest BCUT2D eigenvalue weighted by atomic mass is 10.2. The highest BCUT2D eigenvalue weighted by molar-refractivity contribution is 5.90. The lowest BCUT2D eigenvalue weighted by Gasteiger charge is -1.98. The van der Waals surface area contributed by atoms with Gasteiger partial charge in [-0.3, -0.25) is 0 Å². The highest BCUT2D eigenvalue weighted by Gasteiger charge is 2.08. The summed E-state index contributed by atoms with van der Waals surface area (Å²) in [7, 11) is 0. The van der Waals surface area contributed by atoms with Crippen LogP contribution >= 0.6 is 0 Å². The van der Waals surface area contributed by atoms with Crippen LogP contribution in [0.2, 0.25) is 0 Å². The van der Waals surface area contributed by atoms with Crippen molar-refractivity contribution in [2.75, 3.05) is 0 Å². The second kappa shape index (κ2) is 3.69. The van der Waals surface area contributed by atoms with E-state index >= 15 is 0 Å². The molecule has 0 unspecified atom stereocenters. The van der Waals surface area contributed by atoms with Crippen molar-refractivity contribution in [2.45, 2.75) is 0 Å². The lowest BCUT2D eigenvalue weighted by Crippen LogP contribution is -2.08. The molecule has 0 aliphatic carbocycles. The SMILES string of the molecule is O=C(Oc1cn[nH]n1)c1ccccc1. The van der Waals surface area contributed by atoms with E-state index in [4.69, 9.17) is 4.74 Å². The minimum Gasteiger partial charge on any atom is -0.400 e. The van der Waals surface area contributed by atoms with E-state index in [0.717, 1.165) is 0 Å². The Labute approximate surface area is 79.7 Å². The van der Waals surface area contributed by atoms with Gasteiger partial charge in [-0.15, -0.1) is 5.10 Å². The molecule has 5 nitrogen and oxygen atoms in total. The lowest BCUT2D eigenvalue weighted by molar-refractivity contribution is 0.0727. The van der Waals surface area contributed by atoms with Gasteiger partial charge in [-0.25, -0.2) is 4.79 Å². The Morgan fingerprint density at radius 1 is 1.29 bits per heavy atom. The Hall–Kier alpha value is -2.17. The Morgan fingerprint density at radius 3 is 2.71 bits per heavy atom. The van der Waals surface area contributed by atoms with Gasteiger partial charge in [-0.2, -0.15) is 10.3 Å². The molecule has 1 heterocycles. The van der Waals surface area contributed by atoms with E-state index in [1.807, 2.05) is 6.07 Å². The van der Waals surface area contributed by atoms with E-state index in [1.54, 1.807) is 24.3 Å². The van der Waals surface area contributed by atoms with Crippen molar-refractivity contribution >= 4 is 5.97 Å². The van der Waals surface area contributed by atoms with E-state index in [-0.39, 0.29) is 5.88 Å². The van der Waals surface area contributed by atoms with Crippen LogP contribution in [0.3, 0.4) is 0 Å². The summed E-state index contributed by atoms with van der Waals surface area (Å²) in [6, 6.07) is 8.69. The van der Waals surface area contributed by atoms with Gasteiger partial charge in [0, 0.05) is 0 Å². The molecule has 0 fully saturated rings. The first-order chi connectivity index (χ1) is 6.86. The molecule has 14 heavy (non-hydrogen) atoms. The van der Waals surface area contributed by atoms with Crippen LogP contribution < -0.4 is 4.74 Å². The molecule has 0 saturated carbocycles. The smallest absolute Gasteiger partial charge is 0.344 e. The standard InChI is InChI=1S/C9H7N3O2/c13-9(7-4-2-1-3-5-7)14-8-6-10-12-11-8/h1-6H,(H,10,11,12). The van der Waals surface area contributed by atoms with E-state index in [0.29, 0.717) is 5.56 Å². The number of carbonyl (C=O) groups is 1.